The number of ether oxygens (including phenoxy) is 2. The number of hydrogen-bond donors (Lipinski definition) is 0. The average Bonchev–Trinajstić information content (AvgIpc) is 3.39. The van der Waals surface area contributed by atoms with Crippen LogP contribution < -0.4 is 4.74 Å². The summed E-state index contributed by atoms with van der Waals surface area (Å²) in [5.41, 5.74) is 2.26. The maximum absolute atomic E-state index is 6.29. The van der Waals surface area contributed by atoms with Gasteiger partial charge in [0.25, 0.3) is 5.89 Å². The Morgan fingerprint density at radius 3 is 2.79 bits per heavy atom. The van der Waals surface area contributed by atoms with Crippen molar-refractivity contribution >= 4 is 11.6 Å². The molecule has 146 valence electrons. The molecular weight excluding hydrogens is 394 g/mol. The number of nitrogens with zero attached hydrogens (tertiary/aromatic N) is 5. The SMILES string of the molecule is Clc1ccccc1C1Cn2nnc(-c3noc(COc4ccccc4)n3)c2CO1. The standard InChI is InChI=1S/C20H16ClN5O3/c21-15-9-5-4-8-14(15)17-10-26-16(11-28-17)19(23-25-26)20-22-18(29-24-20)12-27-13-6-2-1-3-7-13/h1-9,17H,10-12H2. The van der Waals surface area contributed by atoms with Gasteiger partial charge in [-0.1, -0.05) is 58.4 Å². The monoisotopic (exact) mass is 409 g/mol. The third-order valence-corrected chi connectivity index (χ3v) is 4.98. The van der Waals surface area contributed by atoms with Gasteiger partial charge >= 0.3 is 0 Å². The molecule has 0 saturated heterocycles. The van der Waals surface area contributed by atoms with Gasteiger partial charge in [-0.2, -0.15) is 4.98 Å². The second-order valence-corrected chi connectivity index (χ2v) is 6.91. The van der Waals surface area contributed by atoms with Gasteiger partial charge in [0.2, 0.25) is 5.82 Å². The summed E-state index contributed by atoms with van der Waals surface area (Å²) in [5.74, 6) is 1.45. The van der Waals surface area contributed by atoms with E-state index in [-0.39, 0.29) is 12.7 Å². The molecule has 1 unspecified atom stereocenters. The Labute approximate surface area is 171 Å². The number of aromatic nitrogens is 5. The molecule has 2 aromatic carbocycles. The maximum atomic E-state index is 6.29. The molecule has 0 amide bonds. The van der Waals surface area contributed by atoms with Crippen LogP contribution in [0.1, 0.15) is 23.3 Å². The number of fused-ring (bicyclic) bond motifs is 1. The molecule has 3 heterocycles. The molecule has 0 aliphatic carbocycles. The van der Waals surface area contributed by atoms with Crippen molar-refractivity contribution in [1.82, 2.24) is 25.1 Å². The van der Waals surface area contributed by atoms with Crippen LogP contribution in [0.2, 0.25) is 5.02 Å². The van der Waals surface area contributed by atoms with Crippen LogP contribution in [0.5, 0.6) is 5.75 Å². The smallest absolute Gasteiger partial charge is 0.264 e. The number of benzene rings is 2. The maximum Gasteiger partial charge on any atom is 0.264 e. The van der Waals surface area contributed by atoms with Crippen LogP contribution >= 0.6 is 11.6 Å². The predicted molar refractivity (Wildman–Crippen MR) is 103 cm³/mol. The summed E-state index contributed by atoms with van der Waals surface area (Å²) in [6.45, 7) is 1.00. The minimum atomic E-state index is -0.189. The molecule has 1 atom stereocenters. The van der Waals surface area contributed by atoms with Crippen molar-refractivity contribution in [3.05, 3.63) is 76.8 Å². The quantitative estimate of drug-likeness (QED) is 0.495. The fourth-order valence-corrected chi connectivity index (χ4v) is 3.44. The van der Waals surface area contributed by atoms with E-state index < -0.39 is 0 Å². The first-order chi connectivity index (χ1) is 14.3. The van der Waals surface area contributed by atoms with Gasteiger partial charge in [-0.05, 0) is 18.2 Å². The van der Waals surface area contributed by atoms with Crippen molar-refractivity contribution in [3.63, 3.8) is 0 Å². The molecule has 0 bridgehead atoms. The lowest BCUT2D eigenvalue weighted by Gasteiger charge is -2.24. The van der Waals surface area contributed by atoms with Crippen molar-refractivity contribution in [3.8, 4) is 17.3 Å². The number of rotatable bonds is 5. The van der Waals surface area contributed by atoms with E-state index in [1.54, 1.807) is 4.68 Å². The predicted octanol–water partition coefficient (Wildman–Crippen LogP) is 3.83. The Balaban J connectivity index is 1.32. The van der Waals surface area contributed by atoms with Gasteiger partial charge in [-0.15, -0.1) is 5.10 Å². The van der Waals surface area contributed by atoms with E-state index in [0.29, 0.717) is 35.6 Å². The minimum Gasteiger partial charge on any atom is -0.484 e. The van der Waals surface area contributed by atoms with Crippen LogP contribution in [0.4, 0.5) is 0 Å². The summed E-state index contributed by atoms with van der Waals surface area (Å²) in [6, 6.07) is 17.1. The summed E-state index contributed by atoms with van der Waals surface area (Å²) in [4.78, 5) is 4.37. The molecule has 1 aliphatic rings. The highest BCUT2D eigenvalue weighted by Gasteiger charge is 2.28. The first kappa shape index (κ1) is 17.8. The van der Waals surface area contributed by atoms with E-state index in [4.69, 9.17) is 25.6 Å². The second kappa shape index (κ2) is 7.65. The van der Waals surface area contributed by atoms with Crippen molar-refractivity contribution in [1.29, 1.82) is 0 Å². The van der Waals surface area contributed by atoms with Crippen molar-refractivity contribution in [2.75, 3.05) is 0 Å². The Bertz CT molecular complexity index is 1130. The molecule has 9 heteroatoms. The molecule has 4 aromatic rings. The summed E-state index contributed by atoms with van der Waals surface area (Å²) < 4.78 is 18.7. The number of hydrogen-bond acceptors (Lipinski definition) is 7. The van der Waals surface area contributed by atoms with E-state index in [9.17, 15) is 0 Å². The molecule has 0 fully saturated rings. The zero-order valence-electron chi connectivity index (χ0n) is 15.2. The zero-order valence-corrected chi connectivity index (χ0v) is 16.0. The van der Waals surface area contributed by atoms with Gasteiger partial charge in [0.05, 0.1) is 18.8 Å². The van der Waals surface area contributed by atoms with Crippen LogP contribution in [0.15, 0.2) is 59.1 Å². The Kier molecular flexibility index (Phi) is 4.71. The molecule has 0 spiro atoms. The lowest BCUT2D eigenvalue weighted by atomic mass is 10.1. The fourth-order valence-electron chi connectivity index (χ4n) is 3.18. The van der Waals surface area contributed by atoms with E-state index in [2.05, 4.69) is 20.5 Å². The highest BCUT2D eigenvalue weighted by Crippen LogP contribution is 2.32. The molecule has 1 aliphatic heterocycles. The Morgan fingerprint density at radius 1 is 1.10 bits per heavy atom. The third-order valence-electron chi connectivity index (χ3n) is 4.64. The lowest BCUT2D eigenvalue weighted by molar-refractivity contribution is -0.00106. The fraction of sp³-hybridized carbons (Fsp3) is 0.200. The first-order valence-corrected chi connectivity index (χ1v) is 9.45. The van der Waals surface area contributed by atoms with Gasteiger partial charge in [0.1, 0.15) is 11.9 Å². The van der Waals surface area contributed by atoms with E-state index in [1.807, 2.05) is 54.6 Å². The van der Waals surface area contributed by atoms with Crippen LogP contribution in [0, 0.1) is 0 Å². The number of para-hydroxylation sites is 1. The Hall–Kier alpha value is -3.23. The molecule has 0 saturated carbocycles. The lowest BCUT2D eigenvalue weighted by Crippen LogP contribution is -2.22. The highest BCUT2D eigenvalue weighted by molar-refractivity contribution is 6.31. The van der Waals surface area contributed by atoms with Gasteiger partial charge in [-0.3, -0.25) is 0 Å². The van der Waals surface area contributed by atoms with E-state index in [0.717, 1.165) is 17.0 Å². The van der Waals surface area contributed by atoms with Crippen LogP contribution in [0.3, 0.4) is 0 Å². The highest BCUT2D eigenvalue weighted by atomic mass is 35.5. The summed E-state index contributed by atoms with van der Waals surface area (Å²) >= 11 is 6.29. The number of halogens is 1. The second-order valence-electron chi connectivity index (χ2n) is 6.50. The largest absolute Gasteiger partial charge is 0.484 e. The Morgan fingerprint density at radius 2 is 1.93 bits per heavy atom. The molecular formula is C20H16ClN5O3. The van der Waals surface area contributed by atoms with Crippen LogP contribution in [-0.2, 0) is 24.5 Å². The van der Waals surface area contributed by atoms with E-state index >= 15 is 0 Å². The normalized spacial score (nSPS) is 15.8. The average molecular weight is 410 g/mol. The summed E-state index contributed by atoms with van der Waals surface area (Å²) in [7, 11) is 0. The minimum absolute atomic E-state index is 0.172. The van der Waals surface area contributed by atoms with Gasteiger partial charge < -0.3 is 14.0 Å². The molecule has 2 aromatic heterocycles. The summed E-state index contributed by atoms with van der Waals surface area (Å²) in [5, 5.41) is 13.1. The van der Waals surface area contributed by atoms with E-state index in [1.165, 1.54) is 0 Å². The molecule has 0 N–H and O–H groups in total. The van der Waals surface area contributed by atoms with Crippen molar-refractivity contribution in [2.45, 2.75) is 25.9 Å². The van der Waals surface area contributed by atoms with Crippen molar-refractivity contribution in [2.24, 2.45) is 0 Å². The molecule has 29 heavy (non-hydrogen) atoms. The van der Waals surface area contributed by atoms with Crippen molar-refractivity contribution < 1.29 is 14.0 Å². The third kappa shape index (κ3) is 3.59. The topological polar surface area (TPSA) is 88.1 Å². The molecule has 0 radical (unpaired) electrons. The summed E-state index contributed by atoms with van der Waals surface area (Å²) in [6.07, 6.45) is -0.189. The molecule has 8 nitrogen and oxygen atoms in total. The van der Waals surface area contributed by atoms with Gasteiger partial charge in [-0.25, -0.2) is 4.68 Å². The van der Waals surface area contributed by atoms with Gasteiger partial charge in [0.15, 0.2) is 12.3 Å². The first-order valence-electron chi connectivity index (χ1n) is 9.07. The molecule has 5 rings (SSSR count). The van der Waals surface area contributed by atoms with Crippen LogP contribution in [0.25, 0.3) is 11.5 Å². The van der Waals surface area contributed by atoms with Gasteiger partial charge in [0, 0.05) is 10.6 Å². The zero-order chi connectivity index (χ0) is 19.6. The van der Waals surface area contributed by atoms with Crippen LogP contribution in [-0.4, -0.2) is 25.1 Å².